The van der Waals surface area contributed by atoms with Crippen LogP contribution in [-0.2, 0) is 20.7 Å². The van der Waals surface area contributed by atoms with E-state index in [1.54, 1.807) is 25.1 Å². The van der Waals surface area contributed by atoms with Gasteiger partial charge in [0.1, 0.15) is 0 Å². The molecule has 8 heteroatoms. The van der Waals surface area contributed by atoms with E-state index >= 15 is 0 Å². The molecular weight excluding hydrogens is 440 g/mol. The zero-order chi connectivity index (χ0) is 21.1. The van der Waals surface area contributed by atoms with Gasteiger partial charge in [-0.05, 0) is 55.3 Å². The largest absolute Gasteiger partial charge is 0.490 e. The number of nitrogens with one attached hydrogen (secondary N) is 1. The van der Waals surface area contributed by atoms with Gasteiger partial charge >= 0.3 is 5.97 Å². The summed E-state index contributed by atoms with van der Waals surface area (Å²) in [5.41, 5.74) is 4.10. The SMILES string of the molecule is CCOC(=O)COc1ccc(/C=N\NC(=O)Cc2ccc(Br)cc2)cc1OCC. The average molecular weight is 463 g/mol. The Hall–Kier alpha value is -2.87. The van der Waals surface area contributed by atoms with Gasteiger partial charge in [-0.25, -0.2) is 10.2 Å². The molecule has 2 aromatic carbocycles. The summed E-state index contributed by atoms with van der Waals surface area (Å²) in [4.78, 5) is 23.4. The smallest absolute Gasteiger partial charge is 0.344 e. The van der Waals surface area contributed by atoms with Crippen LogP contribution in [0.15, 0.2) is 52.0 Å². The van der Waals surface area contributed by atoms with Crippen molar-refractivity contribution in [2.75, 3.05) is 19.8 Å². The number of halogens is 1. The number of carbonyl (C=O) groups is 2. The third-order valence-corrected chi connectivity index (χ3v) is 4.13. The van der Waals surface area contributed by atoms with Gasteiger partial charge in [0, 0.05) is 4.47 Å². The van der Waals surface area contributed by atoms with Gasteiger partial charge in [0.25, 0.3) is 0 Å². The second-order valence-electron chi connectivity index (χ2n) is 5.83. The van der Waals surface area contributed by atoms with Crippen molar-refractivity contribution >= 4 is 34.0 Å². The summed E-state index contributed by atoms with van der Waals surface area (Å²) in [6, 6.07) is 12.6. The van der Waals surface area contributed by atoms with E-state index in [0.29, 0.717) is 30.3 Å². The van der Waals surface area contributed by atoms with Gasteiger partial charge in [0.05, 0.1) is 25.8 Å². The molecule has 0 saturated heterocycles. The standard InChI is InChI=1S/C21H23BrN2O5/c1-3-27-19-11-16(7-10-18(19)29-14-21(26)28-4-2)13-23-24-20(25)12-15-5-8-17(22)9-6-15/h5-11,13H,3-4,12,14H2,1-2H3,(H,24,25)/b23-13-. The quantitative estimate of drug-likeness (QED) is 0.331. The summed E-state index contributed by atoms with van der Waals surface area (Å²) >= 11 is 3.36. The van der Waals surface area contributed by atoms with Crippen LogP contribution in [-0.4, -0.2) is 37.9 Å². The summed E-state index contributed by atoms with van der Waals surface area (Å²) in [5, 5.41) is 3.98. The molecule has 0 aromatic heterocycles. The van der Waals surface area contributed by atoms with Crippen LogP contribution in [0.3, 0.4) is 0 Å². The van der Waals surface area contributed by atoms with Crippen molar-refractivity contribution in [1.29, 1.82) is 0 Å². The van der Waals surface area contributed by atoms with Crippen molar-refractivity contribution in [2.45, 2.75) is 20.3 Å². The molecule has 0 atom stereocenters. The molecule has 0 fully saturated rings. The average Bonchev–Trinajstić information content (AvgIpc) is 2.69. The van der Waals surface area contributed by atoms with E-state index in [0.717, 1.165) is 10.0 Å². The molecule has 0 heterocycles. The highest BCUT2D eigenvalue weighted by molar-refractivity contribution is 9.10. The lowest BCUT2D eigenvalue weighted by Gasteiger charge is -2.12. The van der Waals surface area contributed by atoms with Crippen molar-refractivity contribution in [3.63, 3.8) is 0 Å². The topological polar surface area (TPSA) is 86.2 Å². The molecule has 0 unspecified atom stereocenters. The van der Waals surface area contributed by atoms with Crippen LogP contribution in [0.2, 0.25) is 0 Å². The van der Waals surface area contributed by atoms with E-state index in [2.05, 4.69) is 26.5 Å². The molecular formula is C21H23BrN2O5. The number of hydrogen-bond acceptors (Lipinski definition) is 6. The number of hydrogen-bond donors (Lipinski definition) is 1. The number of carbonyl (C=O) groups excluding carboxylic acids is 2. The van der Waals surface area contributed by atoms with Crippen molar-refractivity contribution in [1.82, 2.24) is 5.43 Å². The fourth-order valence-corrected chi connectivity index (χ4v) is 2.60. The first-order valence-electron chi connectivity index (χ1n) is 9.13. The van der Waals surface area contributed by atoms with Crippen LogP contribution < -0.4 is 14.9 Å². The minimum atomic E-state index is -0.450. The second kappa shape index (κ2) is 11.9. The number of rotatable bonds is 10. The fraction of sp³-hybridized carbons (Fsp3) is 0.286. The number of nitrogens with zero attached hydrogens (tertiary/aromatic N) is 1. The summed E-state index contributed by atoms with van der Waals surface area (Å²) in [6.45, 7) is 4.10. The van der Waals surface area contributed by atoms with Gasteiger partial charge in [-0.3, -0.25) is 4.79 Å². The van der Waals surface area contributed by atoms with Crippen LogP contribution in [0.5, 0.6) is 11.5 Å². The lowest BCUT2D eigenvalue weighted by molar-refractivity contribution is -0.145. The molecule has 0 bridgehead atoms. The van der Waals surface area contributed by atoms with E-state index in [1.165, 1.54) is 6.21 Å². The molecule has 0 aliphatic rings. The summed E-state index contributed by atoms with van der Waals surface area (Å²) in [7, 11) is 0. The molecule has 7 nitrogen and oxygen atoms in total. The van der Waals surface area contributed by atoms with Gasteiger partial charge in [0.15, 0.2) is 18.1 Å². The molecule has 0 spiro atoms. The molecule has 1 N–H and O–H groups in total. The zero-order valence-corrected chi connectivity index (χ0v) is 17.9. The number of benzene rings is 2. The Kier molecular flexibility index (Phi) is 9.17. The lowest BCUT2D eigenvalue weighted by Crippen LogP contribution is -2.19. The number of amides is 1. The maximum atomic E-state index is 12.0. The number of ether oxygens (including phenoxy) is 3. The van der Waals surface area contributed by atoms with E-state index in [9.17, 15) is 9.59 Å². The first-order chi connectivity index (χ1) is 14.0. The third kappa shape index (κ3) is 7.95. The van der Waals surface area contributed by atoms with E-state index in [-0.39, 0.29) is 18.9 Å². The molecule has 0 aliphatic heterocycles. The van der Waals surface area contributed by atoms with Gasteiger partial charge in [-0.15, -0.1) is 0 Å². The minimum Gasteiger partial charge on any atom is -0.490 e. The Balaban J connectivity index is 1.94. The van der Waals surface area contributed by atoms with Crippen LogP contribution >= 0.6 is 15.9 Å². The second-order valence-corrected chi connectivity index (χ2v) is 6.74. The zero-order valence-electron chi connectivity index (χ0n) is 16.3. The van der Waals surface area contributed by atoms with Gasteiger partial charge < -0.3 is 14.2 Å². The van der Waals surface area contributed by atoms with Crippen molar-refractivity contribution in [3.05, 3.63) is 58.1 Å². The van der Waals surface area contributed by atoms with Crippen molar-refractivity contribution in [2.24, 2.45) is 5.10 Å². The van der Waals surface area contributed by atoms with Crippen LogP contribution in [0, 0.1) is 0 Å². The highest BCUT2D eigenvalue weighted by atomic mass is 79.9. The number of esters is 1. The summed E-state index contributed by atoms with van der Waals surface area (Å²) < 4.78 is 16.8. The molecule has 0 saturated carbocycles. The van der Waals surface area contributed by atoms with Gasteiger partial charge in [0.2, 0.25) is 5.91 Å². The monoisotopic (exact) mass is 462 g/mol. The predicted molar refractivity (Wildman–Crippen MR) is 113 cm³/mol. The molecule has 2 rings (SSSR count). The van der Waals surface area contributed by atoms with Crippen LogP contribution in [0.1, 0.15) is 25.0 Å². The third-order valence-electron chi connectivity index (χ3n) is 3.60. The highest BCUT2D eigenvalue weighted by Gasteiger charge is 2.09. The Bertz CT molecular complexity index is 853. The van der Waals surface area contributed by atoms with Gasteiger partial charge in [-0.1, -0.05) is 28.1 Å². The minimum absolute atomic E-state index is 0.201. The lowest BCUT2D eigenvalue weighted by atomic mass is 10.1. The van der Waals surface area contributed by atoms with Crippen LogP contribution in [0.25, 0.3) is 0 Å². The van der Waals surface area contributed by atoms with E-state index < -0.39 is 5.97 Å². The van der Waals surface area contributed by atoms with Crippen LogP contribution in [0.4, 0.5) is 0 Å². The summed E-state index contributed by atoms with van der Waals surface area (Å²) in [6.07, 6.45) is 1.74. The first-order valence-corrected chi connectivity index (χ1v) is 9.92. The molecule has 2 aromatic rings. The Morgan fingerprint density at radius 3 is 2.48 bits per heavy atom. The van der Waals surface area contributed by atoms with E-state index in [4.69, 9.17) is 14.2 Å². The molecule has 0 radical (unpaired) electrons. The van der Waals surface area contributed by atoms with E-state index in [1.807, 2.05) is 31.2 Å². The Morgan fingerprint density at radius 2 is 1.79 bits per heavy atom. The number of hydrazone groups is 1. The molecule has 0 aliphatic carbocycles. The van der Waals surface area contributed by atoms with Crippen molar-refractivity contribution < 1.29 is 23.8 Å². The Labute approximate surface area is 178 Å². The first kappa shape index (κ1) is 22.4. The Morgan fingerprint density at radius 1 is 1.03 bits per heavy atom. The maximum Gasteiger partial charge on any atom is 0.344 e. The van der Waals surface area contributed by atoms with Gasteiger partial charge in [-0.2, -0.15) is 5.10 Å². The fourth-order valence-electron chi connectivity index (χ4n) is 2.34. The highest BCUT2D eigenvalue weighted by Crippen LogP contribution is 2.28. The summed E-state index contributed by atoms with van der Waals surface area (Å²) in [5.74, 6) is 0.232. The molecule has 29 heavy (non-hydrogen) atoms. The molecule has 154 valence electrons. The van der Waals surface area contributed by atoms with Crippen molar-refractivity contribution in [3.8, 4) is 11.5 Å². The normalized spacial score (nSPS) is 10.6. The predicted octanol–water partition coefficient (Wildman–Crippen LogP) is 3.48. The maximum absolute atomic E-state index is 12.0. The molecule has 1 amide bonds.